The van der Waals surface area contributed by atoms with E-state index in [1.165, 1.54) is 17.8 Å². The Bertz CT molecular complexity index is 960. The zero-order valence-electron chi connectivity index (χ0n) is 13.8. The second-order valence-corrected chi connectivity index (χ2v) is 6.44. The second kappa shape index (κ2) is 7.02. The van der Waals surface area contributed by atoms with Crippen molar-refractivity contribution < 1.29 is 14.3 Å². The number of nitrogens with zero attached hydrogens (tertiary/aromatic N) is 2. The molecule has 0 radical (unpaired) electrons. The largest absolute Gasteiger partial charge is 0.503 e. The minimum absolute atomic E-state index is 0.0617. The summed E-state index contributed by atoms with van der Waals surface area (Å²) in [5.41, 5.74) is 2.02. The number of thioether (sulfide) groups is 1. The Kier molecular flexibility index (Phi) is 4.80. The van der Waals surface area contributed by atoms with Crippen molar-refractivity contribution in [3.05, 3.63) is 51.9 Å². The highest BCUT2D eigenvalue weighted by Gasteiger charge is 2.13. The molecule has 0 fully saturated rings. The Balaban J connectivity index is 1.61. The zero-order valence-corrected chi connectivity index (χ0v) is 14.6. The number of rotatable bonds is 5. The van der Waals surface area contributed by atoms with Crippen LogP contribution in [0, 0.1) is 6.92 Å². The molecule has 7 nitrogen and oxygen atoms in total. The number of oxazole rings is 1. The average molecular weight is 359 g/mol. The minimum Gasteiger partial charge on any atom is -0.503 e. The van der Waals surface area contributed by atoms with E-state index in [-0.39, 0.29) is 24.0 Å². The van der Waals surface area contributed by atoms with E-state index in [4.69, 9.17) is 4.42 Å². The fourth-order valence-electron chi connectivity index (χ4n) is 2.34. The number of carbonyl (C=O) groups is 1. The van der Waals surface area contributed by atoms with Gasteiger partial charge >= 0.3 is 0 Å². The molecule has 0 spiro atoms. The van der Waals surface area contributed by atoms with Crippen LogP contribution in [0.1, 0.15) is 11.4 Å². The molecule has 0 aliphatic rings. The molecule has 0 saturated heterocycles. The van der Waals surface area contributed by atoms with E-state index >= 15 is 0 Å². The number of aromatic hydroxyl groups is 1. The zero-order chi connectivity index (χ0) is 18.0. The SMILES string of the molecule is Cc1cc(=O)c(O)c(CNC(=O)CSc2nc3ccccc3o2)n1C. The molecule has 2 aromatic heterocycles. The lowest BCUT2D eigenvalue weighted by Crippen LogP contribution is -2.27. The number of nitrogens with one attached hydrogen (secondary N) is 1. The van der Waals surface area contributed by atoms with Gasteiger partial charge in [0.15, 0.2) is 11.3 Å². The second-order valence-electron chi connectivity index (χ2n) is 5.52. The Labute approximate surface area is 147 Å². The predicted octanol–water partition coefficient (Wildman–Crippen LogP) is 1.95. The van der Waals surface area contributed by atoms with Crippen LogP contribution in [-0.4, -0.2) is 26.3 Å². The predicted molar refractivity (Wildman–Crippen MR) is 94.7 cm³/mol. The summed E-state index contributed by atoms with van der Waals surface area (Å²) >= 11 is 1.18. The van der Waals surface area contributed by atoms with Crippen LogP contribution in [0.5, 0.6) is 5.75 Å². The van der Waals surface area contributed by atoms with Gasteiger partial charge in [0.05, 0.1) is 18.0 Å². The highest BCUT2D eigenvalue weighted by molar-refractivity contribution is 7.99. The molecule has 2 heterocycles. The van der Waals surface area contributed by atoms with Gasteiger partial charge in [0, 0.05) is 18.8 Å². The number of pyridine rings is 1. The summed E-state index contributed by atoms with van der Waals surface area (Å²) in [7, 11) is 1.73. The van der Waals surface area contributed by atoms with Crippen LogP contribution in [0.2, 0.25) is 0 Å². The van der Waals surface area contributed by atoms with Crippen molar-refractivity contribution in [2.75, 3.05) is 5.75 Å². The Morgan fingerprint density at radius 2 is 2.16 bits per heavy atom. The van der Waals surface area contributed by atoms with Gasteiger partial charge in [-0.05, 0) is 19.1 Å². The van der Waals surface area contributed by atoms with E-state index in [2.05, 4.69) is 10.3 Å². The van der Waals surface area contributed by atoms with E-state index in [9.17, 15) is 14.7 Å². The summed E-state index contributed by atoms with van der Waals surface area (Å²) in [6, 6.07) is 8.72. The molecular formula is C17H17N3O4S. The number of para-hydroxylation sites is 2. The number of carbonyl (C=O) groups excluding carboxylic acids is 1. The molecule has 8 heteroatoms. The van der Waals surface area contributed by atoms with Gasteiger partial charge in [-0.2, -0.15) is 0 Å². The van der Waals surface area contributed by atoms with Crippen molar-refractivity contribution in [1.82, 2.24) is 14.9 Å². The molecule has 0 atom stereocenters. The highest BCUT2D eigenvalue weighted by atomic mass is 32.2. The van der Waals surface area contributed by atoms with E-state index in [1.807, 2.05) is 24.3 Å². The third-order valence-electron chi connectivity index (χ3n) is 3.83. The lowest BCUT2D eigenvalue weighted by atomic mass is 10.2. The summed E-state index contributed by atoms with van der Waals surface area (Å²) in [4.78, 5) is 28.0. The van der Waals surface area contributed by atoms with Crippen LogP contribution in [0.3, 0.4) is 0 Å². The summed E-state index contributed by atoms with van der Waals surface area (Å²) in [6.07, 6.45) is 0. The van der Waals surface area contributed by atoms with E-state index in [0.717, 1.165) is 5.52 Å². The van der Waals surface area contributed by atoms with Crippen LogP contribution in [0.4, 0.5) is 0 Å². The van der Waals surface area contributed by atoms with Crippen LogP contribution in [0.15, 0.2) is 44.8 Å². The molecule has 0 aliphatic carbocycles. The molecule has 1 aromatic carbocycles. The molecule has 0 unspecified atom stereocenters. The fraction of sp³-hybridized carbons (Fsp3) is 0.235. The van der Waals surface area contributed by atoms with Crippen molar-refractivity contribution in [3.63, 3.8) is 0 Å². The quantitative estimate of drug-likeness (QED) is 0.676. The van der Waals surface area contributed by atoms with E-state index in [1.54, 1.807) is 18.5 Å². The van der Waals surface area contributed by atoms with Gasteiger partial charge in [-0.3, -0.25) is 9.59 Å². The van der Waals surface area contributed by atoms with Crippen molar-refractivity contribution in [1.29, 1.82) is 0 Å². The average Bonchev–Trinajstić information content (AvgIpc) is 3.01. The molecule has 25 heavy (non-hydrogen) atoms. The van der Waals surface area contributed by atoms with Crippen molar-refractivity contribution in [3.8, 4) is 5.75 Å². The normalized spacial score (nSPS) is 11.0. The van der Waals surface area contributed by atoms with Gasteiger partial charge in [0.2, 0.25) is 11.3 Å². The molecule has 130 valence electrons. The maximum atomic E-state index is 12.0. The first-order chi connectivity index (χ1) is 12.0. The number of benzene rings is 1. The lowest BCUT2D eigenvalue weighted by Gasteiger charge is -2.14. The molecule has 0 bridgehead atoms. The Hall–Kier alpha value is -2.74. The van der Waals surface area contributed by atoms with Gasteiger partial charge in [-0.1, -0.05) is 23.9 Å². The summed E-state index contributed by atoms with van der Waals surface area (Å²) in [5.74, 6) is -0.478. The molecule has 0 aliphatic heterocycles. The van der Waals surface area contributed by atoms with Gasteiger partial charge < -0.3 is 19.4 Å². The highest BCUT2D eigenvalue weighted by Crippen LogP contribution is 2.22. The number of hydrogen-bond donors (Lipinski definition) is 2. The third-order valence-corrected chi connectivity index (χ3v) is 4.66. The smallest absolute Gasteiger partial charge is 0.257 e. The van der Waals surface area contributed by atoms with Crippen molar-refractivity contribution >= 4 is 28.8 Å². The van der Waals surface area contributed by atoms with Crippen molar-refractivity contribution in [2.45, 2.75) is 18.7 Å². The van der Waals surface area contributed by atoms with E-state index < -0.39 is 5.43 Å². The van der Waals surface area contributed by atoms with Gasteiger partial charge in [-0.15, -0.1) is 0 Å². The number of amides is 1. The third kappa shape index (κ3) is 3.69. The van der Waals surface area contributed by atoms with Gasteiger partial charge in [0.25, 0.3) is 5.22 Å². The summed E-state index contributed by atoms with van der Waals surface area (Å²) in [5, 5.41) is 13.0. The van der Waals surface area contributed by atoms with Crippen LogP contribution < -0.4 is 10.7 Å². The van der Waals surface area contributed by atoms with E-state index in [0.29, 0.717) is 22.2 Å². The van der Waals surface area contributed by atoms with Crippen LogP contribution in [0.25, 0.3) is 11.1 Å². The minimum atomic E-state index is -0.458. The topological polar surface area (TPSA) is 97.4 Å². The molecule has 0 saturated carbocycles. The standard InChI is InChI=1S/C17H17N3O4S/c1-10-7-13(21)16(23)12(20(10)2)8-18-15(22)9-25-17-19-11-5-3-4-6-14(11)24-17/h3-7,23H,8-9H2,1-2H3,(H,18,22). The maximum Gasteiger partial charge on any atom is 0.257 e. The Morgan fingerprint density at radius 1 is 1.40 bits per heavy atom. The number of aryl methyl sites for hydroxylation is 1. The number of fused-ring (bicyclic) bond motifs is 1. The first-order valence-corrected chi connectivity index (χ1v) is 8.58. The van der Waals surface area contributed by atoms with Gasteiger partial charge in [0.1, 0.15) is 5.52 Å². The molecule has 1 amide bonds. The Morgan fingerprint density at radius 3 is 2.92 bits per heavy atom. The van der Waals surface area contributed by atoms with Gasteiger partial charge in [-0.25, -0.2) is 4.98 Å². The fourth-order valence-corrected chi connectivity index (χ4v) is 3.01. The lowest BCUT2D eigenvalue weighted by molar-refractivity contribution is -0.118. The van der Waals surface area contributed by atoms with Crippen molar-refractivity contribution in [2.24, 2.45) is 7.05 Å². The molecule has 2 N–H and O–H groups in total. The van der Waals surface area contributed by atoms with Crippen LogP contribution in [-0.2, 0) is 18.4 Å². The number of aromatic nitrogens is 2. The first-order valence-electron chi connectivity index (χ1n) is 7.59. The first kappa shape index (κ1) is 17.1. The molecule has 3 aromatic rings. The monoisotopic (exact) mass is 359 g/mol. The summed E-state index contributed by atoms with van der Waals surface area (Å²) < 4.78 is 7.21. The molecule has 3 rings (SSSR count). The maximum absolute atomic E-state index is 12.0. The number of hydrogen-bond acceptors (Lipinski definition) is 6. The summed E-state index contributed by atoms with van der Waals surface area (Å²) in [6.45, 7) is 1.82. The van der Waals surface area contributed by atoms with Crippen LogP contribution >= 0.6 is 11.8 Å². The molecular weight excluding hydrogens is 342 g/mol.